The van der Waals surface area contributed by atoms with Gasteiger partial charge in [-0.25, -0.2) is 4.39 Å². The fraction of sp³-hybridized carbons (Fsp3) is 0.455. The van der Waals surface area contributed by atoms with Crippen LogP contribution in [0.15, 0.2) is 22.7 Å². The molecule has 0 aromatic heterocycles. The van der Waals surface area contributed by atoms with Gasteiger partial charge in [0, 0.05) is 18.8 Å². The summed E-state index contributed by atoms with van der Waals surface area (Å²) < 4.78 is 13.6. The molecular weight excluding hydrogens is 259 g/mol. The van der Waals surface area contributed by atoms with E-state index >= 15 is 0 Å². The van der Waals surface area contributed by atoms with E-state index in [0.717, 1.165) is 31.7 Å². The summed E-state index contributed by atoms with van der Waals surface area (Å²) in [6.45, 7) is 2.73. The molecule has 0 amide bonds. The van der Waals surface area contributed by atoms with E-state index in [4.69, 9.17) is 5.73 Å². The minimum Gasteiger partial charge on any atom is -0.371 e. The highest BCUT2D eigenvalue weighted by Gasteiger charge is 2.21. The quantitative estimate of drug-likeness (QED) is 0.896. The zero-order valence-electron chi connectivity index (χ0n) is 8.42. The van der Waals surface area contributed by atoms with Crippen molar-refractivity contribution in [2.75, 3.05) is 24.5 Å². The number of nitrogens with two attached hydrogens (primary N) is 1. The van der Waals surface area contributed by atoms with Gasteiger partial charge in [-0.3, -0.25) is 0 Å². The Kier molecular flexibility index (Phi) is 3.26. The Morgan fingerprint density at radius 3 is 2.93 bits per heavy atom. The van der Waals surface area contributed by atoms with Gasteiger partial charge in [0.25, 0.3) is 0 Å². The molecule has 1 fully saturated rings. The molecule has 1 unspecified atom stereocenters. The van der Waals surface area contributed by atoms with Gasteiger partial charge in [0.1, 0.15) is 5.82 Å². The molecule has 0 bridgehead atoms. The van der Waals surface area contributed by atoms with E-state index in [0.29, 0.717) is 10.4 Å². The molecule has 2 rings (SSSR count). The summed E-state index contributed by atoms with van der Waals surface area (Å²) in [7, 11) is 0. The lowest BCUT2D eigenvalue weighted by Crippen LogP contribution is -2.22. The Morgan fingerprint density at radius 1 is 1.53 bits per heavy atom. The number of rotatable bonds is 2. The van der Waals surface area contributed by atoms with E-state index in [2.05, 4.69) is 20.8 Å². The van der Waals surface area contributed by atoms with Crippen LogP contribution >= 0.6 is 15.9 Å². The SMILES string of the molecule is NCC1CCN(c2ccc(F)c(Br)c2)C1. The van der Waals surface area contributed by atoms with Crippen molar-refractivity contribution >= 4 is 21.6 Å². The van der Waals surface area contributed by atoms with Gasteiger partial charge >= 0.3 is 0 Å². The first-order valence-electron chi connectivity index (χ1n) is 5.11. The Balaban J connectivity index is 2.13. The van der Waals surface area contributed by atoms with Crippen LogP contribution in [0.3, 0.4) is 0 Å². The van der Waals surface area contributed by atoms with Crippen LogP contribution in [0, 0.1) is 11.7 Å². The summed E-state index contributed by atoms with van der Waals surface area (Å²) in [5, 5.41) is 0. The largest absolute Gasteiger partial charge is 0.371 e. The lowest BCUT2D eigenvalue weighted by molar-refractivity contribution is 0.602. The third kappa shape index (κ3) is 2.32. The fourth-order valence-corrected chi connectivity index (χ4v) is 2.31. The van der Waals surface area contributed by atoms with Gasteiger partial charge in [-0.15, -0.1) is 0 Å². The first-order valence-corrected chi connectivity index (χ1v) is 5.90. The number of halogens is 2. The van der Waals surface area contributed by atoms with E-state index in [9.17, 15) is 4.39 Å². The van der Waals surface area contributed by atoms with Crippen LogP contribution in [-0.4, -0.2) is 19.6 Å². The Hall–Kier alpha value is -0.610. The molecule has 1 atom stereocenters. The van der Waals surface area contributed by atoms with Gasteiger partial charge in [0.15, 0.2) is 0 Å². The number of benzene rings is 1. The van der Waals surface area contributed by atoms with Gasteiger partial charge in [-0.2, -0.15) is 0 Å². The summed E-state index contributed by atoms with van der Waals surface area (Å²) in [5.74, 6) is 0.363. The minimum atomic E-state index is -0.215. The Bertz CT molecular complexity index is 356. The number of hydrogen-bond donors (Lipinski definition) is 1. The summed E-state index contributed by atoms with van der Waals surface area (Å²) in [6.07, 6.45) is 1.13. The second-order valence-corrected chi connectivity index (χ2v) is 4.79. The van der Waals surface area contributed by atoms with E-state index in [1.54, 1.807) is 0 Å². The highest BCUT2D eigenvalue weighted by molar-refractivity contribution is 9.10. The maximum absolute atomic E-state index is 13.0. The zero-order chi connectivity index (χ0) is 10.8. The van der Waals surface area contributed by atoms with E-state index < -0.39 is 0 Å². The van der Waals surface area contributed by atoms with E-state index in [1.165, 1.54) is 6.07 Å². The summed E-state index contributed by atoms with van der Waals surface area (Å²) in [6, 6.07) is 5.14. The van der Waals surface area contributed by atoms with Crippen molar-refractivity contribution in [1.82, 2.24) is 0 Å². The van der Waals surface area contributed by atoms with Crippen LogP contribution in [0.2, 0.25) is 0 Å². The van der Waals surface area contributed by atoms with Crippen LogP contribution in [0.1, 0.15) is 6.42 Å². The molecule has 15 heavy (non-hydrogen) atoms. The summed E-state index contributed by atoms with van der Waals surface area (Å²) in [4.78, 5) is 2.25. The van der Waals surface area contributed by atoms with Crippen molar-refractivity contribution in [1.29, 1.82) is 0 Å². The van der Waals surface area contributed by atoms with Crippen molar-refractivity contribution in [3.05, 3.63) is 28.5 Å². The highest BCUT2D eigenvalue weighted by Crippen LogP contribution is 2.27. The van der Waals surface area contributed by atoms with Crippen LogP contribution in [0.5, 0.6) is 0 Å². The van der Waals surface area contributed by atoms with Crippen molar-refractivity contribution < 1.29 is 4.39 Å². The van der Waals surface area contributed by atoms with Crippen LogP contribution in [-0.2, 0) is 0 Å². The summed E-state index contributed by atoms with van der Waals surface area (Å²) in [5.41, 5.74) is 6.70. The van der Waals surface area contributed by atoms with Gasteiger partial charge in [0.05, 0.1) is 4.47 Å². The molecule has 0 radical (unpaired) electrons. The number of anilines is 1. The molecule has 4 heteroatoms. The lowest BCUT2D eigenvalue weighted by Gasteiger charge is -2.18. The first kappa shape index (κ1) is 10.9. The molecule has 1 aromatic carbocycles. The van der Waals surface area contributed by atoms with E-state index in [-0.39, 0.29) is 5.82 Å². The minimum absolute atomic E-state index is 0.215. The molecule has 2 nitrogen and oxygen atoms in total. The zero-order valence-corrected chi connectivity index (χ0v) is 10.0. The molecule has 1 aliphatic rings. The maximum atomic E-state index is 13.0. The van der Waals surface area contributed by atoms with Gasteiger partial charge in [-0.05, 0) is 53.0 Å². The second kappa shape index (κ2) is 4.49. The van der Waals surface area contributed by atoms with Crippen molar-refractivity contribution in [3.8, 4) is 0 Å². The molecule has 1 aromatic rings. The molecular formula is C11H14BrFN2. The molecule has 0 spiro atoms. The van der Waals surface area contributed by atoms with Crippen LogP contribution in [0.25, 0.3) is 0 Å². The van der Waals surface area contributed by atoms with E-state index in [1.807, 2.05) is 12.1 Å². The van der Waals surface area contributed by atoms with Crippen molar-refractivity contribution in [3.63, 3.8) is 0 Å². The van der Waals surface area contributed by atoms with Crippen molar-refractivity contribution in [2.45, 2.75) is 6.42 Å². The number of nitrogens with zero attached hydrogens (tertiary/aromatic N) is 1. The Labute approximate surface area is 97.4 Å². The Morgan fingerprint density at radius 2 is 2.33 bits per heavy atom. The molecule has 0 aliphatic carbocycles. The molecule has 0 saturated carbocycles. The van der Waals surface area contributed by atoms with Crippen molar-refractivity contribution in [2.24, 2.45) is 11.7 Å². The average molecular weight is 273 g/mol. The molecule has 1 aliphatic heterocycles. The molecule has 82 valence electrons. The standard InChI is InChI=1S/C11H14BrFN2/c12-10-5-9(1-2-11(10)13)15-4-3-8(6-14)7-15/h1-2,5,8H,3-4,6-7,14H2. The predicted octanol–water partition coefficient (Wildman–Crippen LogP) is 2.37. The van der Waals surface area contributed by atoms with Gasteiger partial charge in [-0.1, -0.05) is 0 Å². The van der Waals surface area contributed by atoms with Gasteiger partial charge in [0.2, 0.25) is 0 Å². The maximum Gasteiger partial charge on any atom is 0.137 e. The summed E-state index contributed by atoms with van der Waals surface area (Å²) >= 11 is 3.20. The smallest absolute Gasteiger partial charge is 0.137 e. The second-order valence-electron chi connectivity index (χ2n) is 3.93. The average Bonchev–Trinajstić information content (AvgIpc) is 2.70. The third-order valence-corrected chi connectivity index (χ3v) is 3.50. The lowest BCUT2D eigenvalue weighted by atomic mass is 10.1. The first-order chi connectivity index (χ1) is 7.20. The van der Waals surface area contributed by atoms with Crippen LogP contribution < -0.4 is 10.6 Å². The third-order valence-electron chi connectivity index (χ3n) is 2.89. The molecule has 1 saturated heterocycles. The molecule has 2 N–H and O–H groups in total. The number of hydrogen-bond acceptors (Lipinski definition) is 2. The van der Waals surface area contributed by atoms with Crippen LogP contribution in [0.4, 0.5) is 10.1 Å². The monoisotopic (exact) mass is 272 g/mol. The topological polar surface area (TPSA) is 29.3 Å². The van der Waals surface area contributed by atoms with Gasteiger partial charge < -0.3 is 10.6 Å². The molecule has 1 heterocycles. The normalized spacial score (nSPS) is 21.0. The predicted molar refractivity (Wildman–Crippen MR) is 63.5 cm³/mol. The highest BCUT2D eigenvalue weighted by atomic mass is 79.9. The fourth-order valence-electron chi connectivity index (χ4n) is 1.94.